The average Bonchev–Trinajstić information content (AvgIpc) is 2.59. The fraction of sp³-hybridized carbons (Fsp3) is 0.700. The van der Waals surface area contributed by atoms with Crippen LogP contribution in [0, 0.1) is 0 Å². The smallest absolute Gasteiger partial charge is 0.267 e. The normalized spacial score (nSPS) is 11.9. The first-order valence-electron chi connectivity index (χ1n) is 5.41. The van der Waals surface area contributed by atoms with Gasteiger partial charge in [-0.05, 0) is 19.8 Å². The number of hydrogen-bond donors (Lipinski definition) is 0. The van der Waals surface area contributed by atoms with Crippen LogP contribution in [0.5, 0.6) is 0 Å². The van der Waals surface area contributed by atoms with E-state index in [0.29, 0.717) is 6.42 Å². The molecule has 1 rings (SSSR count). The van der Waals surface area contributed by atoms with Crippen molar-refractivity contribution in [2.75, 3.05) is 12.4 Å². The van der Waals surface area contributed by atoms with E-state index in [-0.39, 0.29) is 12.4 Å². The fourth-order valence-electron chi connectivity index (χ4n) is 1.45. The van der Waals surface area contributed by atoms with Crippen LogP contribution >= 0.6 is 0 Å². The number of nitrogens with zero attached hydrogens (tertiary/aromatic N) is 2. The summed E-state index contributed by atoms with van der Waals surface area (Å²) >= 11 is 0. The summed E-state index contributed by atoms with van der Waals surface area (Å²) in [5, 5.41) is 0. The topological polar surface area (TPSA) is 52.2 Å². The van der Waals surface area contributed by atoms with Crippen molar-refractivity contribution in [2.45, 2.75) is 26.3 Å². The van der Waals surface area contributed by atoms with Crippen molar-refractivity contribution in [1.82, 2.24) is 4.57 Å². The molecule has 1 aromatic rings. The molecule has 0 aliphatic carbocycles. The van der Waals surface area contributed by atoms with Gasteiger partial charge >= 0.3 is 0 Å². The molecule has 0 aliphatic rings. The highest BCUT2D eigenvalue weighted by Crippen LogP contribution is 2.01. The molecule has 92 valence electrons. The molecule has 0 bridgehead atoms. The third kappa shape index (κ3) is 4.76. The minimum atomic E-state index is -3.30. The van der Waals surface area contributed by atoms with Gasteiger partial charge in [0.2, 0.25) is 6.33 Å². The molecule has 1 aromatic heterocycles. The van der Waals surface area contributed by atoms with Gasteiger partial charge < -0.3 is 0 Å². The first kappa shape index (κ1) is 13.2. The van der Waals surface area contributed by atoms with Gasteiger partial charge in [-0.25, -0.2) is 9.13 Å². The summed E-state index contributed by atoms with van der Waals surface area (Å²) in [5.74, 6) is 0.105. The zero-order valence-corrected chi connectivity index (χ0v) is 10.6. The van der Waals surface area contributed by atoms with E-state index in [1.807, 2.05) is 34.9 Å². The zero-order valence-electron chi connectivity index (χ0n) is 9.80. The molecule has 0 saturated heterocycles. The second-order valence-corrected chi connectivity index (χ2v) is 5.45. The van der Waals surface area contributed by atoms with E-state index in [9.17, 15) is 8.42 Å². The Balaban J connectivity index is 2.22. The molecular formula is C10H19N2O3S+. The highest BCUT2D eigenvalue weighted by molar-refractivity contribution is 7.86. The van der Waals surface area contributed by atoms with Gasteiger partial charge in [0.25, 0.3) is 10.1 Å². The first-order chi connectivity index (χ1) is 7.53. The van der Waals surface area contributed by atoms with E-state index in [1.54, 1.807) is 6.92 Å². The SMILES string of the molecule is CCOS(=O)(=O)CCCCn1cc[n+](C)c1. The van der Waals surface area contributed by atoms with Crippen molar-refractivity contribution in [2.24, 2.45) is 7.05 Å². The standard InChI is InChI=1S/C10H19N2O3S/c1-3-15-16(13,14)9-5-4-6-12-8-7-11(2)10-12/h7-8,10H,3-6,9H2,1-2H3/q+1. The summed E-state index contributed by atoms with van der Waals surface area (Å²) in [6, 6.07) is 0. The van der Waals surface area contributed by atoms with Crippen molar-refractivity contribution in [3.05, 3.63) is 18.7 Å². The number of imidazole rings is 1. The van der Waals surface area contributed by atoms with Crippen molar-refractivity contribution >= 4 is 10.1 Å². The lowest BCUT2D eigenvalue weighted by Gasteiger charge is -2.02. The van der Waals surface area contributed by atoms with Gasteiger partial charge in [0.1, 0.15) is 12.4 Å². The molecule has 0 spiro atoms. The summed E-state index contributed by atoms with van der Waals surface area (Å²) in [6.45, 7) is 2.73. The summed E-state index contributed by atoms with van der Waals surface area (Å²) in [4.78, 5) is 0. The minimum Gasteiger partial charge on any atom is -0.270 e. The molecule has 0 unspecified atom stereocenters. The zero-order chi connectivity index (χ0) is 12.0. The molecule has 0 aliphatic heterocycles. The molecule has 0 atom stereocenters. The van der Waals surface area contributed by atoms with Crippen LogP contribution in [-0.4, -0.2) is 25.3 Å². The second-order valence-electron chi connectivity index (χ2n) is 3.69. The van der Waals surface area contributed by atoms with Crippen molar-refractivity contribution in [3.8, 4) is 0 Å². The van der Waals surface area contributed by atoms with E-state index >= 15 is 0 Å². The Morgan fingerprint density at radius 3 is 2.69 bits per heavy atom. The van der Waals surface area contributed by atoms with Crippen LogP contribution in [0.4, 0.5) is 0 Å². The Morgan fingerprint density at radius 1 is 1.38 bits per heavy atom. The van der Waals surface area contributed by atoms with E-state index < -0.39 is 10.1 Å². The molecule has 0 saturated carbocycles. The number of aromatic nitrogens is 2. The lowest BCUT2D eigenvalue weighted by Crippen LogP contribution is -2.23. The third-order valence-electron chi connectivity index (χ3n) is 2.18. The predicted molar refractivity (Wildman–Crippen MR) is 60.3 cm³/mol. The molecule has 0 fully saturated rings. The first-order valence-corrected chi connectivity index (χ1v) is 6.99. The quantitative estimate of drug-likeness (QED) is 0.399. The van der Waals surface area contributed by atoms with Crippen LogP contribution in [-0.2, 0) is 27.9 Å². The molecule has 1 heterocycles. The van der Waals surface area contributed by atoms with Crippen LogP contribution < -0.4 is 4.57 Å². The lowest BCUT2D eigenvalue weighted by molar-refractivity contribution is -0.671. The lowest BCUT2D eigenvalue weighted by atomic mass is 10.3. The van der Waals surface area contributed by atoms with Gasteiger partial charge in [0.15, 0.2) is 0 Å². The van der Waals surface area contributed by atoms with Crippen LogP contribution in [0.3, 0.4) is 0 Å². The second kappa shape index (κ2) is 6.00. The summed E-state index contributed by atoms with van der Waals surface area (Å²) in [6.07, 6.45) is 7.36. The maximum atomic E-state index is 11.2. The molecule has 0 amide bonds. The summed E-state index contributed by atoms with van der Waals surface area (Å²) in [7, 11) is -1.34. The maximum absolute atomic E-state index is 11.2. The average molecular weight is 247 g/mol. The summed E-state index contributed by atoms with van der Waals surface area (Å²) < 4.78 is 31.1. The number of unbranched alkanes of at least 4 members (excludes halogenated alkanes) is 1. The van der Waals surface area contributed by atoms with Gasteiger partial charge in [-0.15, -0.1) is 0 Å². The van der Waals surface area contributed by atoms with E-state index in [4.69, 9.17) is 0 Å². The monoisotopic (exact) mass is 247 g/mol. The van der Waals surface area contributed by atoms with Gasteiger partial charge in [-0.3, -0.25) is 4.18 Å². The van der Waals surface area contributed by atoms with Crippen molar-refractivity contribution < 1.29 is 17.2 Å². The van der Waals surface area contributed by atoms with E-state index in [0.717, 1.165) is 13.0 Å². The number of hydrogen-bond acceptors (Lipinski definition) is 3. The molecule has 0 radical (unpaired) electrons. The molecular weight excluding hydrogens is 228 g/mol. The fourth-order valence-corrected chi connectivity index (χ4v) is 2.48. The highest BCUT2D eigenvalue weighted by Gasteiger charge is 2.09. The van der Waals surface area contributed by atoms with Crippen LogP contribution in [0.1, 0.15) is 19.8 Å². The molecule has 16 heavy (non-hydrogen) atoms. The Kier molecular flexibility index (Phi) is 4.95. The van der Waals surface area contributed by atoms with E-state index in [2.05, 4.69) is 4.18 Å². The maximum Gasteiger partial charge on any atom is 0.267 e. The van der Waals surface area contributed by atoms with Gasteiger partial charge in [-0.2, -0.15) is 8.42 Å². The van der Waals surface area contributed by atoms with Crippen LogP contribution in [0.15, 0.2) is 18.7 Å². The van der Waals surface area contributed by atoms with E-state index in [1.165, 1.54) is 0 Å². The van der Waals surface area contributed by atoms with Gasteiger partial charge in [0, 0.05) is 0 Å². The molecule has 0 aromatic carbocycles. The van der Waals surface area contributed by atoms with Crippen LogP contribution in [0.25, 0.3) is 0 Å². The third-order valence-corrected chi connectivity index (χ3v) is 3.57. The largest absolute Gasteiger partial charge is 0.270 e. The predicted octanol–water partition coefficient (Wildman–Crippen LogP) is 0.459. The Morgan fingerprint density at radius 2 is 2.12 bits per heavy atom. The van der Waals surface area contributed by atoms with Crippen molar-refractivity contribution in [3.63, 3.8) is 0 Å². The van der Waals surface area contributed by atoms with Crippen LogP contribution in [0.2, 0.25) is 0 Å². The Labute approximate surface area is 96.8 Å². The Hall–Kier alpha value is -0.880. The van der Waals surface area contributed by atoms with Gasteiger partial charge in [-0.1, -0.05) is 0 Å². The summed E-state index contributed by atoms with van der Waals surface area (Å²) in [5.41, 5.74) is 0. The van der Waals surface area contributed by atoms with Crippen molar-refractivity contribution in [1.29, 1.82) is 0 Å². The molecule has 6 heteroatoms. The molecule has 5 nitrogen and oxygen atoms in total. The number of aryl methyl sites for hydroxylation is 2. The number of rotatable bonds is 7. The van der Waals surface area contributed by atoms with Gasteiger partial charge in [0.05, 0.1) is 26.0 Å². The Bertz CT molecular complexity index is 411. The molecule has 0 N–H and O–H groups in total. The minimum absolute atomic E-state index is 0.105. The highest BCUT2D eigenvalue weighted by atomic mass is 32.2.